The molecule has 0 aliphatic heterocycles. The molecular weight excluding hydrogens is 241 g/mol. The first-order valence-electron chi connectivity index (χ1n) is 5.14. The Labute approximate surface area is 104 Å². The minimum Gasteiger partial charge on any atom is -0.363 e. The second kappa shape index (κ2) is 5.10. The molecule has 0 fully saturated rings. The zero-order valence-electron chi connectivity index (χ0n) is 9.19. The lowest BCUT2D eigenvalue weighted by atomic mass is 10.1. The van der Waals surface area contributed by atoms with Gasteiger partial charge in [-0.3, -0.25) is 4.98 Å². The summed E-state index contributed by atoms with van der Waals surface area (Å²) in [5.74, 6) is 0.296. The van der Waals surface area contributed by atoms with E-state index in [-0.39, 0.29) is 11.9 Å². The Kier molecular flexibility index (Phi) is 3.54. The van der Waals surface area contributed by atoms with E-state index in [1.807, 2.05) is 6.92 Å². The molecule has 1 unspecified atom stereocenters. The van der Waals surface area contributed by atoms with E-state index in [1.165, 1.54) is 12.3 Å². The zero-order valence-corrected chi connectivity index (χ0v) is 9.95. The molecular formula is C12H11ClFN3. The first-order valence-corrected chi connectivity index (χ1v) is 5.52. The van der Waals surface area contributed by atoms with Gasteiger partial charge in [-0.2, -0.15) is 0 Å². The van der Waals surface area contributed by atoms with Crippen molar-refractivity contribution >= 4 is 17.4 Å². The van der Waals surface area contributed by atoms with Crippen LogP contribution in [-0.2, 0) is 0 Å². The highest BCUT2D eigenvalue weighted by Gasteiger charge is 2.07. The number of nitrogens with one attached hydrogen (secondary N) is 1. The molecule has 5 heteroatoms. The van der Waals surface area contributed by atoms with E-state index in [4.69, 9.17) is 11.6 Å². The molecule has 1 atom stereocenters. The molecule has 2 rings (SSSR count). The number of halogens is 2. The van der Waals surface area contributed by atoms with Crippen molar-refractivity contribution in [3.05, 3.63) is 53.2 Å². The van der Waals surface area contributed by atoms with E-state index in [9.17, 15) is 4.39 Å². The molecule has 0 amide bonds. The average molecular weight is 252 g/mol. The van der Waals surface area contributed by atoms with E-state index in [1.54, 1.807) is 24.4 Å². The van der Waals surface area contributed by atoms with Gasteiger partial charge in [0, 0.05) is 6.20 Å². The topological polar surface area (TPSA) is 37.8 Å². The Morgan fingerprint density at radius 2 is 2.18 bits per heavy atom. The Bertz CT molecular complexity index is 519. The minimum atomic E-state index is -0.352. The van der Waals surface area contributed by atoms with Crippen LogP contribution in [0.25, 0.3) is 0 Å². The Morgan fingerprint density at radius 3 is 2.88 bits per heavy atom. The van der Waals surface area contributed by atoms with E-state index < -0.39 is 0 Å². The molecule has 0 aromatic carbocycles. The first-order chi connectivity index (χ1) is 8.15. The maximum Gasteiger partial charge on any atom is 0.141 e. The van der Waals surface area contributed by atoms with E-state index >= 15 is 0 Å². The van der Waals surface area contributed by atoms with Gasteiger partial charge in [0.2, 0.25) is 0 Å². The molecule has 0 aliphatic carbocycles. The predicted molar refractivity (Wildman–Crippen MR) is 65.5 cm³/mol. The summed E-state index contributed by atoms with van der Waals surface area (Å²) in [6.45, 7) is 1.90. The van der Waals surface area contributed by atoms with Gasteiger partial charge < -0.3 is 5.32 Å². The monoisotopic (exact) mass is 251 g/mol. The summed E-state index contributed by atoms with van der Waals surface area (Å²) in [7, 11) is 0. The fourth-order valence-corrected chi connectivity index (χ4v) is 1.62. The molecule has 0 saturated heterocycles. The normalized spacial score (nSPS) is 12.2. The van der Waals surface area contributed by atoms with Crippen LogP contribution in [-0.4, -0.2) is 9.97 Å². The highest BCUT2D eigenvalue weighted by molar-refractivity contribution is 6.29. The standard InChI is InChI=1S/C12H11ClFN3/c1-8(9-5-10(14)7-15-6-9)16-12-4-2-3-11(13)17-12/h2-8H,1H3,(H,16,17). The molecule has 0 saturated carbocycles. The van der Waals surface area contributed by atoms with Crippen LogP contribution in [0.5, 0.6) is 0 Å². The summed E-state index contributed by atoms with van der Waals surface area (Å²) in [6.07, 6.45) is 2.79. The van der Waals surface area contributed by atoms with Crippen molar-refractivity contribution in [1.29, 1.82) is 0 Å². The third-order valence-corrected chi connectivity index (χ3v) is 2.52. The third-order valence-electron chi connectivity index (χ3n) is 2.31. The number of hydrogen-bond donors (Lipinski definition) is 1. The minimum absolute atomic E-state index is 0.0934. The second-order valence-electron chi connectivity index (χ2n) is 3.65. The number of pyridine rings is 2. The molecule has 0 bridgehead atoms. The summed E-state index contributed by atoms with van der Waals surface area (Å²) in [5, 5.41) is 3.54. The van der Waals surface area contributed by atoms with Gasteiger partial charge in [0.25, 0.3) is 0 Å². The van der Waals surface area contributed by atoms with Crippen molar-refractivity contribution in [2.45, 2.75) is 13.0 Å². The van der Waals surface area contributed by atoms with Gasteiger partial charge in [-0.15, -0.1) is 0 Å². The van der Waals surface area contributed by atoms with Crippen LogP contribution in [0.15, 0.2) is 36.7 Å². The predicted octanol–water partition coefficient (Wildman–Crippen LogP) is 3.44. The fraction of sp³-hybridized carbons (Fsp3) is 0.167. The van der Waals surface area contributed by atoms with Crippen molar-refractivity contribution in [1.82, 2.24) is 9.97 Å². The summed E-state index contributed by atoms with van der Waals surface area (Å²) in [4.78, 5) is 7.90. The van der Waals surface area contributed by atoms with Gasteiger partial charge in [0.15, 0.2) is 0 Å². The fourth-order valence-electron chi connectivity index (χ4n) is 1.46. The van der Waals surface area contributed by atoms with E-state index in [0.717, 1.165) is 5.56 Å². The van der Waals surface area contributed by atoms with E-state index in [0.29, 0.717) is 11.0 Å². The summed E-state index contributed by atoms with van der Waals surface area (Å²) >= 11 is 5.78. The van der Waals surface area contributed by atoms with Crippen LogP contribution in [0.1, 0.15) is 18.5 Å². The molecule has 2 aromatic heterocycles. The van der Waals surface area contributed by atoms with E-state index in [2.05, 4.69) is 15.3 Å². The maximum absolute atomic E-state index is 13.0. The quantitative estimate of drug-likeness (QED) is 0.849. The molecule has 0 radical (unpaired) electrons. The van der Waals surface area contributed by atoms with Gasteiger partial charge in [-0.25, -0.2) is 9.37 Å². The van der Waals surface area contributed by atoms with Gasteiger partial charge in [-0.05, 0) is 30.7 Å². The maximum atomic E-state index is 13.0. The van der Waals surface area contributed by atoms with Crippen LogP contribution in [0.4, 0.5) is 10.2 Å². The van der Waals surface area contributed by atoms with Gasteiger partial charge in [0.1, 0.15) is 16.8 Å². The number of rotatable bonds is 3. The molecule has 0 spiro atoms. The largest absolute Gasteiger partial charge is 0.363 e. The Balaban J connectivity index is 2.14. The highest BCUT2D eigenvalue weighted by Crippen LogP contribution is 2.18. The second-order valence-corrected chi connectivity index (χ2v) is 4.04. The molecule has 2 heterocycles. The van der Waals surface area contributed by atoms with Gasteiger partial charge in [-0.1, -0.05) is 17.7 Å². The van der Waals surface area contributed by atoms with Crippen LogP contribution in [0.2, 0.25) is 5.15 Å². The van der Waals surface area contributed by atoms with Crippen molar-refractivity contribution in [3.63, 3.8) is 0 Å². The van der Waals surface area contributed by atoms with Crippen molar-refractivity contribution in [3.8, 4) is 0 Å². The lowest BCUT2D eigenvalue weighted by Gasteiger charge is -2.14. The number of anilines is 1. The third kappa shape index (κ3) is 3.14. The number of nitrogens with zero attached hydrogens (tertiary/aromatic N) is 2. The summed E-state index contributed by atoms with van der Waals surface area (Å²) in [6, 6.07) is 6.64. The molecule has 0 aliphatic rings. The average Bonchev–Trinajstić information content (AvgIpc) is 2.29. The van der Waals surface area contributed by atoms with Crippen LogP contribution >= 0.6 is 11.6 Å². The van der Waals surface area contributed by atoms with Gasteiger partial charge in [0.05, 0.1) is 12.2 Å². The highest BCUT2D eigenvalue weighted by atomic mass is 35.5. The number of hydrogen-bond acceptors (Lipinski definition) is 3. The molecule has 2 aromatic rings. The number of aromatic nitrogens is 2. The zero-order chi connectivity index (χ0) is 12.3. The molecule has 88 valence electrons. The molecule has 17 heavy (non-hydrogen) atoms. The Hall–Kier alpha value is -1.68. The summed E-state index contributed by atoms with van der Waals surface area (Å²) in [5.41, 5.74) is 0.756. The lowest BCUT2D eigenvalue weighted by Crippen LogP contribution is -2.08. The van der Waals surface area contributed by atoms with Crippen LogP contribution in [0, 0.1) is 5.82 Å². The molecule has 3 nitrogen and oxygen atoms in total. The van der Waals surface area contributed by atoms with Gasteiger partial charge >= 0.3 is 0 Å². The van der Waals surface area contributed by atoms with Crippen LogP contribution in [0.3, 0.4) is 0 Å². The smallest absolute Gasteiger partial charge is 0.141 e. The van der Waals surface area contributed by atoms with Crippen molar-refractivity contribution in [2.24, 2.45) is 0 Å². The first kappa shape index (κ1) is 11.8. The summed E-state index contributed by atoms with van der Waals surface area (Å²) < 4.78 is 13.0. The van der Waals surface area contributed by atoms with Crippen molar-refractivity contribution in [2.75, 3.05) is 5.32 Å². The lowest BCUT2D eigenvalue weighted by molar-refractivity contribution is 0.616. The Morgan fingerprint density at radius 1 is 1.35 bits per heavy atom. The SMILES string of the molecule is CC(Nc1cccc(Cl)n1)c1cncc(F)c1. The van der Waals surface area contributed by atoms with Crippen LogP contribution < -0.4 is 5.32 Å². The van der Waals surface area contributed by atoms with Crippen molar-refractivity contribution < 1.29 is 4.39 Å². The molecule has 1 N–H and O–H groups in total.